The van der Waals surface area contributed by atoms with E-state index in [2.05, 4.69) is 10.1 Å². The molecule has 0 saturated carbocycles. The standard InChI is InChI=1S/C17H20N4O2S/c1-5-20-15-13(23-4)7-6-8-14(15)24-17(20)19-16(22)12-9-10-18-21(12)11(2)3/h6-11H,5H2,1-4H3. The van der Waals surface area contributed by atoms with Gasteiger partial charge in [0.25, 0.3) is 5.91 Å². The quantitative estimate of drug-likeness (QED) is 0.730. The lowest BCUT2D eigenvalue weighted by atomic mass is 10.3. The van der Waals surface area contributed by atoms with Gasteiger partial charge in [-0.1, -0.05) is 17.4 Å². The third-order valence-corrected chi connectivity index (χ3v) is 4.82. The summed E-state index contributed by atoms with van der Waals surface area (Å²) in [5.41, 5.74) is 1.47. The van der Waals surface area contributed by atoms with Crippen LogP contribution in [-0.2, 0) is 6.54 Å². The number of methoxy groups -OCH3 is 1. The van der Waals surface area contributed by atoms with E-state index in [1.54, 1.807) is 24.1 Å². The van der Waals surface area contributed by atoms with E-state index in [1.807, 2.05) is 43.5 Å². The van der Waals surface area contributed by atoms with Crippen molar-refractivity contribution in [3.8, 4) is 5.75 Å². The Morgan fingerprint density at radius 2 is 2.17 bits per heavy atom. The Balaban J connectivity index is 2.17. The van der Waals surface area contributed by atoms with E-state index in [1.165, 1.54) is 11.3 Å². The number of rotatable bonds is 4. The Kier molecular flexibility index (Phi) is 4.53. The number of hydrogen-bond donors (Lipinski definition) is 0. The molecule has 2 heterocycles. The molecule has 0 bridgehead atoms. The van der Waals surface area contributed by atoms with Crippen molar-refractivity contribution in [3.05, 3.63) is 41.0 Å². The zero-order chi connectivity index (χ0) is 17.3. The SMILES string of the molecule is CCn1c(=NC(=O)c2ccnn2C(C)C)sc2cccc(OC)c21. The number of para-hydroxylation sites is 1. The van der Waals surface area contributed by atoms with Crippen LogP contribution in [0.2, 0.25) is 0 Å². The molecule has 6 nitrogen and oxygen atoms in total. The Morgan fingerprint density at radius 1 is 1.38 bits per heavy atom. The average molecular weight is 344 g/mol. The number of aryl methyl sites for hydroxylation is 1. The Labute approximate surface area is 144 Å². The summed E-state index contributed by atoms with van der Waals surface area (Å²) in [5, 5.41) is 4.20. The van der Waals surface area contributed by atoms with Gasteiger partial charge >= 0.3 is 0 Å². The van der Waals surface area contributed by atoms with E-state index >= 15 is 0 Å². The Bertz CT molecular complexity index is 949. The van der Waals surface area contributed by atoms with Crippen molar-refractivity contribution in [3.63, 3.8) is 0 Å². The van der Waals surface area contributed by atoms with E-state index in [9.17, 15) is 4.79 Å². The van der Waals surface area contributed by atoms with E-state index in [4.69, 9.17) is 4.74 Å². The molecule has 0 spiro atoms. The van der Waals surface area contributed by atoms with Gasteiger partial charge in [-0.15, -0.1) is 0 Å². The van der Waals surface area contributed by atoms with Gasteiger partial charge < -0.3 is 9.30 Å². The van der Waals surface area contributed by atoms with Crippen LogP contribution in [0, 0.1) is 0 Å². The number of thiazole rings is 1. The van der Waals surface area contributed by atoms with Gasteiger partial charge in [0.15, 0.2) is 4.80 Å². The molecule has 3 aromatic rings. The summed E-state index contributed by atoms with van der Waals surface area (Å²) in [6, 6.07) is 7.68. The smallest absolute Gasteiger partial charge is 0.297 e. The first-order chi connectivity index (χ1) is 11.6. The van der Waals surface area contributed by atoms with Crippen molar-refractivity contribution in [1.82, 2.24) is 14.3 Å². The van der Waals surface area contributed by atoms with Crippen molar-refractivity contribution in [2.75, 3.05) is 7.11 Å². The average Bonchev–Trinajstić information content (AvgIpc) is 3.18. The fourth-order valence-corrected chi connectivity index (χ4v) is 3.79. The van der Waals surface area contributed by atoms with Crippen molar-refractivity contribution in [2.45, 2.75) is 33.4 Å². The zero-order valence-corrected chi connectivity index (χ0v) is 15.0. The van der Waals surface area contributed by atoms with E-state index < -0.39 is 0 Å². The van der Waals surface area contributed by atoms with E-state index in [0.29, 0.717) is 17.0 Å². The maximum absolute atomic E-state index is 12.6. The molecule has 0 saturated heterocycles. The summed E-state index contributed by atoms with van der Waals surface area (Å²) in [7, 11) is 1.65. The van der Waals surface area contributed by atoms with Gasteiger partial charge in [0.05, 0.1) is 11.8 Å². The molecule has 0 aliphatic carbocycles. The molecule has 0 radical (unpaired) electrons. The van der Waals surface area contributed by atoms with Crippen LogP contribution in [0.25, 0.3) is 10.2 Å². The van der Waals surface area contributed by atoms with E-state index in [-0.39, 0.29) is 11.9 Å². The largest absolute Gasteiger partial charge is 0.495 e. The molecule has 0 N–H and O–H groups in total. The van der Waals surface area contributed by atoms with Gasteiger partial charge in [-0.3, -0.25) is 9.48 Å². The molecule has 0 fully saturated rings. The molecule has 0 aliphatic heterocycles. The van der Waals surface area contributed by atoms with Crippen molar-refractivity contribution >= 4 is 27.5 Å². The van der Waals surface area contributed by atoms with Crippen LogP contribution in [0.5, 0.6) is 5.75 Å². The van der Waals surface area contributed by atoms with Gasteiger partial charge in [0.1, 0.15) is 17.0 Å². The number of carbonyl (C=O) groups is 1. The first-order valence-corrected chi connectivity index (χ1v) is 8.67. The van der Waals surface area contributed by atoms with E-state index in [0.717, 1.165) is 16.0 Å². The van der Waals surface area contributed by atoms with Crippen LogP contribution in [0.3, 0.4) is 0 Å². The molecule has 0 unspecified atom stereocenters. The lowest BCUT2D eigenvalue weighted by Crippen LogP contribution is -2.18. The molecule has 3 rings (SSSR count). The van der Waals surface area contributed by atoms with Crippen molar-refractivity contribution in [1.29, 1.82) is 0 Å². The van der Waals surface area contributed by atoms with Gasteiger partial charge in [-0.25, -0.2) is 0 Å². The topological polar surface area (TPSA) is 61.4 Å². The number of nitrogens with zero attached hydrogens (tertiary/aromatic N) is 4. The molecule has 0 aliphatic rings. The minimum absolute atomic E-state index is 0.106. The first-order valence-electron chi connectivity index (χ1n) is 7.85. The molecule has 24 heavy (non-hydrogen) atoms. The van der Waals surface area contributed by atoms with Gasteiger partial charge in [-0.2, -0.15) is 10.1 Å². The summed E-state index contributed by atoms with van der Waals surface area (Å²) >= 11 is 1.48. The van der Waals surface area contributed by atoms with Crippen LogP contribution < -0.4 is 9.54 Å². The molecule has 1 aromatic carbocycles. The molecule has 2 aromatic heterocycles. The van der Waals surface area contributed by atoms with Crippen LogP contribution in [0.1, 0.15) is 37.3 Å². The second-order valence-electron chi connectivity index (χ2n) is 5.61. The summed E-state index contributed by atoms with van der Waals surface area (Å²) in [5.74, 6) is 0.501. The number of aromatic nitrogens is 3. The van der Waals surface area contributed by atoms with Crippen molar-refractivity contribution < 1.29 is 9.53 Å². The summed E-state index contributed by atoms with van der Waals surface area (Å²) in [6.45, 7) is 6.71. The fourth-order valence-electron chi connectivity index (χ4n) is 2.68. The number of carbonyl (C=O) groups excluding carboxylic acids is 1. The maximum Gasteiger partial charge on any atom is 0.297 e. The number of ether oxygens (including phenoxy) is 1. The number of fused-ring (bicyclic) bond motifs is 1. The lowest BCUT2D eigenvalue weighted by molar-refractivity contribution is 0.0985. The third-order valence-electron chi connectivity index (χ3n) is 3.78. The molecule has 0 atom stereocenters. The zero-order valence-electron chi connectivity index (χ0n) is 14.2. The van der Waals surface area contributed by atoms with Crippen LogP contribution >= 0.6 is 11.3 Å². The minimum Gasteiger partial charge on any atom is -0.495 e. The summed E-state index contributed by atoms with van der Waals surface area (Å²) in [6.07, 6.45) is 1.63. The Hall–Kier alpha value is -2.41. The lowest BCUT2D eigenvalue weighted by Gasteiger charge is -2.08. The second kappa shape index (κ2) is 6.60. The molecular weight excluding hydrogens is 324 g/mol. The third kappa shape index (κ3) is 2.75. The predicted octanol–water partition coefficient (Wildman–Crippen LogP) is 3.25. The molecule has 126 valence electrons. The highest BCUT2D eigenvalue weighted by molar-refractivity contribution is 7.16. The summed E-state index contributed by atoms with van der Waals surface area (Å²) < 4.78 is 10.2. The van der Waals surface area contributed by atoms with Crippen molar-refractivity contribution in [2.24, 2.45) is 4.99 Å². The monoisotopic (exact) mass is 344 g/mol. The van der Waals surface area contributed by atoms with Crippen LogP contribution in [0.15, 0.2) is 35.5 Å². The van der Waals surface area contributed by atoms with Crippen LogP contribution in [-0.4, -0.2) is 27.4 Å². The number of amides is 1. The highest BCUT2D eigenvalue weighted by atomic mass is 32.1. The predicted molar refractivity (Wildman–Crippen MR) is 94.5 cm³/mol. The number of benzene rings is 1. The number of hydrogen-bond acceptors (Lipinski definition) is 4. The molecule has 1 amide bonds. The van der Waals surface area contributed by atoms with Gasteiger partial charge in [0, 0.05) is 18.8 Å². The first kappa shape index (κ1) is 16.4. The molecular formula is C17H20N4O2S. The molecule has 7 heteroatoms. The Morgan fingerprint density at radius 3 is 2.83 bits per heavy atom. The fraction of sp³-hybridized carbons (Fsp3) is 0.353. The highest BCUT2D eigenvalue weighted by Crippen LogP contribution is 2.27. The minimum atomic E-state index is -0.283. The second-order valence-corrected chi connectivity index (χ2v) is 6.62. The summed E-state index contributed by atoms with van der Waals surface area (Å²) in [4.78, 5) is 17.7. The van der Waals surface area contributed by atoms with Crippen LogP contribution in [0.4, 0.5) is 0 Å². The maximum atomic E-state index is 12.6. The highest BCUT2D eigenvalue weighted by Gasteiger charge is 2.15. The normalized spacial score (nSPS) is 12.3. The van der Waals surface area contributed by atoms with Gasteiger partial charge in [-0.05, 0) is 39.0 Å². The van der Waals surface area contributed by atoms with Gasteiger partial charge in [0.2, 0.25) is 0 Å².